The summed E-state index contributed by atoms with van der Waals surface area (Å²) < 4.78 is 0. The molecule has 0 atom stereocenters. The number of hydrogen-bond acceptors (Lipinski definition) is 4. The lowest BCUT2D eigenvalue weighted by atomic mass is 10.1. The van der Waals surface area contributed by atoms with E-state index in [2.05, 4.69) is 11.4 Å². The van der Waals surface area contributed by atoms with Crippen molar-refractivity contribution in [3.8, 4) is 6.07 Å². The standard InChI is InChI=1S/C17H16N2O2S/c18-9-13-5-7-16(8-6-13)22-12-17(21)19-10-14-3-1-2-4-15(14)11-20/h1-8,20H,10-12H2,(H,19,21). The van der Waals surface area contributed by atoms with E-state index < -0.39 is 0 Å². The van der Waals surface area contributed by atoms with Crippen LogP contribution in [0.25, 0.3) is 0 Å². The molecule has 0 bridgehead atoms. The van der Waals surface area contributed by atoms with Crippen LogP contribution < -0.4 is 5.32 Å². The van der Waals surface area contributed by atoms with Crippen molar-refractivity contribution in [2.75, 3.05) is 5.75 Å². The number of amides is 1. The van der Waals surface area contributed by atoms with Gasteiger partial charge in [0.15, 0.2) is 0 Å². The van der Waals surface area contributed by atoms with E-state index in [9.17, 15) is 9.90 Å². The molecule has 2 aromatic rings. The third-order valence-corrected chi connectivity index (χ3v) is 4.13. The monoisotopic (exact) mass is 312 g/mol. The Balaban J connectivity index is 1.81. The molecule has 0 fully saturated rings. The molecule has 0 spiro atoms. The first-order valence-electron chi connectivity index (χ1n) is 6.80. The van der Waals surface area contributed by atoms with Crippen molar-refractivity contribution in [2.45, 2.75) is 18.0 Å². The van der Waals surface area contributed by atoms with Crippen LogP contribution >= 0.6 is 11.8 Å². The largest absolute Gasteiger partial charge is 0.392 e. The van der Waals surface area contributed by atoms with Crippen molar-refractivity contribution in [2.24, 2.45) is 0 Å². The van der Waals surface area contributed by atoms with Gasteiger partial charge in [-0.1, -0.05) is 24.3 Å². The molecule has 1 amide bonds. The number of rotatable bonds is 6. The summed E-state index contributed by atoms with van der Waals surface area (Å²) in [5.41, 5.74) is 2.35. The van der Waals surface area contributed by atoms with Gasteiger partial charge in [0.05, 0.1) is 24.0 Å². The van der Waals surface area contributed by atoms with Gasteiger partial charge < -0.3 is 10.4 Å². The average molecular weight is 312 g/mol. The van der Waals surface area contributed by atoms with Gasteiger partial charge in [0.2, 0.25) is 5.91 Å². The molecule has 0 unspecified atom stereocenters. The van der Waals surface area contributed by atoms with Crippen LogP contribution in [0.5, 0.6) is 0 Å². The van der Waals surface area contributed by atoms with Crippen molar-refractivity contribution in [1.82, 2.24) is 5.32 Å². The van der Waals surface area contributed by atoms with Gasteiger partial charge in [-0.25, -0.2) is 0 Å². The van der Waals surface area contributed by atoms with Crippen LogP contribution in [0.2, 0.25) is 0 Å². The van der Waals surface area contributed by atoms with Crippen LogP contribution in [-0.2, 0) is 17.9 Å². The maximum atomic E-state index is 11.9. The summed E-state index contributed by atoms with van der Waals surface area (Å²) in [7, 11) is 0. The van der Waals surface area contributed by atoms with Crippen molar-refractivity contribution >= 4 is 17.7 Å². The highest BCUT2D eigenvalue weighted by atomic mass is 32.2. The quantitative estimate of drug-likeness (QED) is 0.804. The Morgan fingerprint density at radius 2 is 1.82 bits per heavy atom. The van der Waals surface area contributed by atoms with Crippen LogP contribution in [-0.4, -0.2) is 16.8 Å². The Morgan fingerprint density at radius 3 is 2.45 bits per heavy atom. The predicted molar refractivity (Wildman–Crippen MR) is 86.1 cm³/mol. The number of nitrogens with zero attached hydrogens (tertiary/aromatic N) is 1. The van der Waals surface area contributed by atoms with E-state index in [1.807, 2.05) is 36.4 Å². The summed E-state index contributed by atoms with van der Waals surface area (Å²) >= 11 is 1.42. The highest BCUT2D eigenvalue weighted by Crippen LogP contribution is 2.18. The lowest BCUT2D eigenvalue weighted by Crippen LogP contribution is -2.25. The minimum Gasteiger partial charge on any atom is -0.392 e. The molecule has 4 nitrogen and oxygen atoms in total. The molecule has 0 aliphatic rings. The minimum atomic E-state index is -0.0675. The van der Waals surface area contributed by atoms with Crippen LogP contribution in [0.3, 0.4) is 0 Å². The van der Waals surface area contributed by atoms with Gasteiger partial charge in [-0.15, -0.1) is 11.8 Å². The van der Waals surface area contributed by atoms with E-state index >= 15 is 0 Å². The fraction of sp³-hybridized carbons (Fsp3) is 0.176. The fourth-order valence-electron chi connectivity index (χ4n) is 1.90. The van der Waals surface area contributed by atoms with Gasteiger partial charge in [0.25, 0.3) is 0 Å². The highest BCUT2D eigenvalue weighted by molar-refractivity contribution is 8.00. The van der Waals surface area contributed by atoms with Gasteiger partial charge in [0, 0.05) is 11.4 Å². The molecule has 5 heteroatoms. The van der Waals surface area contributed by atoms with E-state index in [4.69, 9.17) is 5.26 Å². The molecule has 0 aromatic heterocycles. The minimum absolute atomic E-state index is 0.0357. The summed E-state index contributed by atoms with van der Waals surface area (Å²) in [5, 5.41) is 20.8. The van der Waals surface area contributed by atoms with Gasteiger partial charge >= 0.3 is 0 Å². The first kappa shape index (κ1) is 16.1. The Labute approximate surface area is 133 Å². The summed E-state index contributed by atoms with van der Waals surface area (Å²) in [4.78, 5) is 12.8. The van der Waals surface area contributed by atoms with Crippen LogP contribution in [0, 0.1) is 11.3 Å². The zero-order valence-electron chi connectivity index (χ0n) is 12.0. The van der Waals surface area contributed by atoms with E-state index in [1.165, 1.54) is 11.8 Å². The number of aliphatic hydroxyl groups excluding tert-OH is 1. The Hall–Kier alpha value is -2.29. The molecule has 0 heterocycles. The summed E-state index contributed by atoms with van der Waals surface area (Å²) in [6.07, 6.45) is 0. The van der Waals surface area contributed by atoms with Crippen LogP contribution in [0.4, 0.5) is 0 Å². The smallest absolute Gasteiger partial charge is 0.230 e. The maximum Gasteiger partial charge on any atom is 0.230 e. The second-order valence-corrected chi connectivity index (χ2v) is 5.68. The normalized spacial score (nSPS) is 10.0. The SMILES string of the molecule is N#Cc1ccc(SCC(=O)NCc2ccccc2CO)cc1. The van der Waals surface area contributed by atoms with Crippen molar-refractivity contribution in [1.29, 1.82) is 5.26 Å². The number of carbonyl (C=O) groups excluding carboxylic acids is 1. The molecule has 2 rings (SSSR count). The molecule has 0 radical (unpaired) electrons. The third-order valence-electron chi connectivity index (χ3n) is 3.12. The molecular weight excluding hydrogens is 296 g/mol. The molecule has 0 saturated heterocycles. The number of carbonyl (C=O) groups is 1. The number of nitrogens with one attached hydrogen (secondary N) is 1. The number of benzene rings is 2. The number of nitriles is 1. The number of aliphatic hydroxyl groups is 1. The molecular formula is C17H16N2O2S. The van der Waals surface area contributed by atoms with Gasteiger partial charge in [-0.2, -0.15) is 5.26 Å². The zero-order valence-corrected chi connectivity index (χ0v) is 12.8. The van der Waals surface area contributed by atoms with Gasteiger partial charge in [0.1, 0.15) is 0 Å². The second-order valence-electron chi connectivity index (χ2n) is 4.63. The topological polar surface area (TPSA) is 73.1 Å². The van der Waals surface area contributed by atoms with E-state index in [-0.39, 0.29) is 12.5 Å². The summed E-state index contributed by atoms with van der Waals surface area (Å²) in [6, 6.07) is 16.7. The highest BCUT2D eigenvalue weighted by Gasteiger charge is 2.05. The Morgan fingerprint density at radius 1 is 1.14 bits per heavy atom. The molecule has 0 saturated carbocycles. The number of thioether (sulfide) groups is 1. The molecule has 2 aromatic carbocycles. The molecule has 112 valence electrons. The fourth-order valence-corrected chi connectivity index (χ4v) is 2.63. The summed E-state index contributed by atoms with van der Waals surface area (Å²) in [5.74, 6) is 0.245. The maximum absolute atomic E-state index is 11.9. The second kappa shape index (κ2) is 8.23. The molecule has 0 aliphatic heterocycles. The molecule has 2 N–H and O–H groups in total. The van der Waals surface area contributed by atoms with Crippen LogP contribution in [0.15, 0.2) is 53.4 Å². The van der Waals surface area contributed by atoms with E-state index in [0.717, 1.165) is 16.0 Å². The lowest BCUT2D eigenvalue weighted by Gasteiger charge is -2.09. The molecule has 22 heavy (non-hydrogen) atoms. The third kappa shape index (κ3) is 4.62. The summed E-state index contributed by atoms with van der Waals surface area (Å²) in [6.45, 7) is 0.371. The number of hydrogen-bond donors (Lipinski definition) is 2. The van der Waals surface area contributed by atoms with Crippen molar-refractivity contribution in [3.63, 3.8) is 0 Å². The predicted octanol–water partition coefficient (Wildman–Crippen LogP) is 2.46. The van der Waals surface area contributed by atoms with E-state index in [1.54, 1.807) is 12.1 Å². The Kier molecular flexibility index (Phi) is 6.01. The van der Waals surface area contributed by atoms with Gasteiger partial charge in [-0.3, -0.25) is 4.79 Å². The van der Waals surface area contributed by atoms with E-state index in [0.29, 0.717) is 17.9 Å². The average Bonchev–Trinajstić information content (AvgIpc) is 2.58. The lowest BCUT2D eigenvalue weighted by molar-refractivity contribution is -0.118. The van der Waals surface area contributed by atoms with Crippen molar-refractivity contribution in [3.05, 3.63) is 65.2 Å². The zero-order chi connectivity index (χ0) is 15.8. The molecule has 0 aliphatic carbocycles. The van der Waals surface area contributed by atoms with Crippen LogP contribution in [0.1, 0.15) is 16.7 Å². The van der Waals surface area contributed by atoms with Crippen molar-refractivity contribution < 1.29 is 9.90 Å². The Bertz CT molecular complexity index is 678. The first-order valence-corrected chi connectivity index (χ1v) is 7.79. The van der Waals surface area contributed by atoms with Gasteiger partial charge in [-0.05, 0) is 35.4 Å². The first-order chi connectivity index (χ1) is 10.7.